The van der Waals surface area contributed by atoms with Crippen LogP contribution in [0, 0.1) is 0 Å². The summed E-state index contributed by atoms with van der Waals surface area (Å²) in [6.07, 6.45) is 2.13. The van der Waals surface area contributed by atoms with E-state index in [1.165, 1.54) is 0 Å². The first kappa shape index (κ1) is 11.4. The number of likely N-dealkylation sites (N-methyl/N-ethyl adjacent to an activating group) is 1. The van der Waals surface area contributed by atoms with Crippen LogP contribution in [0.4, 0.5) is 5.69 Å². The molecule has 1 spiro atoms. The molecule has 0 aliphatic carbocycles. The van der Waals surface area contributed by atoms with E-state index in [0.29, 0.717) is 0 Å². The first-order chi connectivity index (χ1) is 9.71. The highest BCUT2D eigenvalue weighted by Crippen LogP contribution is 2.47. The predicted octanol–water partition coefficient (Wildman–Crippen LogP) is 3.66. The lowest BCUT2D eigenvalue weighted by Gasteiger charge is -2.38. The van der Waals surface area contributed by atoms with Crippen LogP contribution in [-0.4, -0.2) is 13.0 Å². The van der Waals surface area contributed by atoms with Gasteiger partial charge in [-0.05, 0) is 31.2 Å². The van der Waals surface area contributed by atoms with Crippen molar-refractivity contribution in [3.05, 3.63) is 59.7 Å². The molecule has 0 aromatic heterocycles. The maximum absolute atomic E-state index is 6.22. The van der Waals surface area contributed by atoms with Crippen molar-refractivity contribution in [1.82, 2.24) is 0 Å². The third-order valence-electron chi connectivity index (χ3n) is 3.95. The molecule has 0 N–H and O–H groups in total. The van der Waals surface area contributed by atoms with E-state index in [0.717, 1.165) is 28.3 Å². The van der Waals surface area contributed by atoms with Gasteiger partial charge in [0, 0.05) is 18.2 Å². The Labute approximate surface area is 118 Å². The number of hydrogen-bond acceptors (Lipinski definition) is 3. The number of hydrogen-bond donors (Lipinski definition) is 0. The van der Waals surface area contributed by atoms with E-state index in [-0.39, 0.29) is 0 Å². The normalized spacial score (nSPS) is 22.7. The number of nitrogens with zero attached hydrogens (tertiary/aromatic N) is 1. The van der Waals surface area contributed by atoms with Crippen molar-refractivity contribution in [3.8, 4) is 11.5 Å². The minimum Gasteiger partial charge on any atom is -0.431 e. The molecule has 0 saturated heterocycles. The fourth-order valence-electron chi connectivity index (χ4n) is 2.88. The molecular weight excluding hydrogens is 250 g/mol. The van der Waals surface area contributed by atoms with Crippen molar-refractivity contribution in [2.24, 2.45) is 0 Å². The van der Waals surface area contributed by atoms with Gasteiger partial charge < -0.3 is 9.47 Å². The molecule has 2 aromatic carbocycles. The van der Waals surface area contributed by atoms with Crippen molar-refractivity contribution in [1.29, 1.82) is 0 Å². The number of ether oxygens (including phenoxy) is 2. The van der Waals surface area contributed by atoms with Gasteiger partial charge in [-0.2, -0.15) is 0 Å². The lowest BCUT2D eigenvalue weighted by molar-refractivity contribution is -0.0655. The molecular formula is C17H15NO2. The maximum Gasteiger partial charge on any atom is 0.363 e. The fourth-order valence-corrected chi connectivity index (χ4v) is 2.88. The second kappa shape index (κ2) is 3.79. The minimum absolute atomic E-state index is 0.845. The summed E-state index contributed by atoms with van der Waals surface area (Å²) in [4.78, 5) is 2.05. The fraction of sp³-hybridized carbons (Fsp3) is 0.176. The predicted molar refractivity (Wildman–Crippen MR) is 78.9 cm³/mol. The first-order valence-electron chi connectivity index (χ1n) is 6.69. The molecule has 0 amide bonds. The van der Waals surface area contributed by atoms with Crippen LogP contribution in [0.1, 0.15) is 12.5 Å². The largest absolute Gasteiger partial charge is 0.431 e. The molecule has 20 heavy (non-hydrogen) atoms. The van der Waals surface area contributed by atoms with Crippen LogP contribution < -0.4 is 14.4 Å². The number of anilines is 1. The smallest absolute Gasteiger partial charge is 0.363 e. The molecule has 100 valence electrons. The third-order valence-corrected chi connectivity index (χ3v) is 3.95. The standard InChI is InChI=1S/C17H15NO2/c1-12-11-13-7-3-5-9-15(13)19-17(12)18(2)14-8-4-6-10-16(14)20-17/h3-11H,1-2H3. The molecule has 0 saturated carbocycles. The van der Waals surface area contributed by atoms with Crippen LogP contribution in [0.2, 0.25) is 0 Å². The monoisotopic (exact) mass is 265 g/mol. The summed E-state index contributed by atoms with van der Waals surface area (Å²) < 4.78 is 12.4. The van der Waals surface area contributed by atoms with Crippen molar-refractivity contribution < 1.29 is 9.47 Å². The zero-order valence-corrected chi connectivity index (χ0v) is 11.5. The summed E-state index contributed by atoms with van der Waals surface area (Å²) in [6.45, 7) is 2.04. The van der Waals surface area contributed by atoms with Crippen molar-refractivity contribution in [2.45, 2.75) is 12.8 Å². The van der Waals surface area contributed by atoms with Gasteiger partial charge in [-0.25, -0.2) is 0 Å². The summed E-state index contributed by atoms with van der Waals surface area (Å²) in [5, 5.41) is 0. The lowest BCUT2D eigenvalue weighted by Crippen LogP contribution is -2.54. The summed E-state index contributed by atoms with van der Waals surface area (Å²) in [5.41, 5.74) is 3.16. The van der Waals surface area contributed by atoms with E-state index >= 15 is 0 Å². The Hall–Kier alpha value is -2.42. The van der Waals surface area contributed by atoms with E-state index in [1.54, 1.807) is 0 Å². The third kappa shape index (κ3) is 1.35. The number of fused-ring (bicyclic) bond motifs is 2. The van der Waals surface area contributed by atoms with E-state index in [2.05, 4.69) is 6.08 Å². The van der Waals surface area contributed by atoms with Gasteiger partial charge in [0.2, 0.25) is 0 Å². The number of para-hydroxylation sites is 3. The zero-order valence-electron chi connectivity index (χ0n) is 11.5. The Balaban J connectivity index is 1.86. The van der Waals surface area contributed by atoms with Gasteiger partial charge in [0.1, 0.15) is 11.5 Å². The van der Waals surface area contributed by atoms with Crippen LogP contribution in [0.15, 0.2) is 54.1 Å². The first-order valence-corrected chi connectivity index (χ1v) is 6.69. The summed E-state index contributed by atoms with van der Waals surface area (Å²) >= 11 is 0. The molecule has 0 radical (unpaired) electrons. The van der Waals surface area contributed by atoms with Crippen molar-refractivity contribution in [2.75, 3.05) is 11.9 Å². The molecule has 0 fully saturated rings. The zero-order chi connectivity index (χ0) is 13.7. The molecule has 1 atom stereocenters. The van der Waals surface area contributed by atoms with Crippen LogP contribution >= 0.6 is 0 Å². The second-order valence-electron chi connectivity index (χ2n) is 5.18. The minimum atomic E-state index is -0.863. The van der Waals surface area contributed by atoms with Crippen molar-refractivity contribution >= 4 is 11.8 Å². The van der Waals surface area contributed by atoms with Crippen LogP contribution in [0.25, 0.3) is 6.08 Å². The van der Waals surface area contributed by atoms with Gasteiger partial charge in [-0.3, -0.25) is 4.90 Å². The van der Waals surface area contributed by atoms with Crippen molar-refractivity contribution in [3.63, 3.8) is 0 Å². The van der Waals surface area contributed by atoms with E-state index < -0.39 is 5.91 Å². The van der Waals surface area contributed by atoms with Gasteiger partial charge in [0.25, 0.3) is 0 Å². The van der Waals surface area contributed by atoms with Gasteiger partial charge in [-0.15, -0.1) is 0 Å². The Morgan fingerprint density at radius 2 is 1.55 bits per heavy atom. The van der Waals surface area contributed by atoms with Gasteiger partial charge in [-0.1, -0.05) is 30.3 Å². The average molecular weight is 265 g/mol. The highest BCUT2D eigenvalue weighted by atomic mass is 16.7. The van der Waals surface area contributed by atoms with Gasteiger partial charge >= 0.3 is 5.91 Å². The highest BCUT2D eigenvalue weighted by Gasteiger charge is 2.50. The van der Waals surface area contributed by atoms with Gasteiger partial charge in [0.05, 0.1) is 5.69 Å². The molecule has 2 aromatic rings. The van der Waals surface area contributed by atoms with Crippen LogP contribution in [-0.2, 0) is 0 Å². The summed E-state index contributed by atoms with van der Waals surface area (Å²) in [6, 6.07) is 16.0. The number of rotatable bonds is 0. The molecule has 2 heterocycles. The number of benzene rings is 2. The molecule has 2 aliphatic rings. The quantitative estimate of drug-likeness (QED) is 0.725. The molecule has 2 aliphatic heterocycles. The SMILES string of the molecule is CC1=Cc2ccccc2OC12Oc1ccccc1N2C. The van der Waals surface area contributed by atoms with E-state index in [4.69, 9.17) is 9.47 Å². The molecule has 3 nitrogen and oxygen atoms in total. The molecule has 1 unspecified atom stereocenters. The Morgan fingerprint density at radius 1 is 0.900 bits per heavy atom. The average Bonchev–Trinajstić information content (AvgIpc) is 2.75. The topological polar surface area (TPSA) is 21.7 Å². The molecule has 3 heteroatoms. The summed E-state index contributed by atoms with van der Waals surface area (Å²) in [5.74, 6) is 0.831. The Morgan fingerprint density at radius 3 is 2.35 bits per heavy atom. The molecule has 0 bridgehead atoms. The molecule has 4 rings (SSSR count). The highest BCUT2D eigenvalue weighted by molar-refractivity contribution is 5.70. The Kier molecular flexibility index (Phi) is 2.16. The summed E-state index contributed by atoms with van der Waals surface area (Å²) in [7, 11) is 2.00. The lowest BCUT2D eigenvalue weighted by atomic mass is 10.0. The van der Waals surface area contributed by atoms with E-state index in [1.807, 2.05) is 67.4 Å². The Bertz CT molecular complexity index is 722. The second-order valence-corrected chi connectivity index (χ2v) is 5.18. The van der Waals surface area contributed by atoms with Gasteiger partial charge in [0.15, 0.2) is 0 Å². The van der Waals surface area contributed by atoms with Crippen LogP contribution in [0.5, 0.6) is 11.5 Å². The van der Waals surface area contributed by atoms with E-state index in [9.17, 15) is 0 Å². The van der Waals surface area contributed by atoms with Crippen LogP contribution in [0.3, 0.4) is 0 Å². The maximum atomic E-state index is 6.22.